The fourth-order valence-electron chi connectivity index (χ4n) is 2.56. The third-order valence-corrected chi connectivity index (χ3v) is 3.68. The van der Waals surface area contributed by atoms with Gasteiger partial charge in [-0.2, -0.15) is 0 Å². The molecule has 0 spiro atoms. The van der Waals surface area contributed by atoms with Gasteiger partial charge in [-0.05, 0) is 38.0 Å². The molecule has 0 bridgehead atoms. The molecule has 1 unspecified atom stereocenters. The quantitative estimate of drug-likeness (QED) is 0.916. The number of nitrogens with zero attached hydrogens (tertiary/aromatic N) is 2. The van der Waals surface area contributed by atoms with Gasteiger partial charge in [0.2, 0.25) is 5.91 Å². The molecule has 1 N–H and O–H groups in total. The van der Waals surface area contributed by atoms with Gasteiger partial charge in [-0.15, -0.1) is 0 Å². The molecule has 2 rings (SSSR count). The molecular weight excluding hydrogens is 259 g/mol. The summed E-state index contributed by atoms with van der Waals surface area (Å²) in [7, 11) is 1.78. The third-order valence-electron chi connectivity index (χ3n) is 3.68. The highest BCUT2D eigenvalue weighted by atomic mass is 19.1. The van der Waals surface area contributed by atoms with E-state index in [2.05, 4.69) is 0 Å². The lowest BCUT2D eigenvalue weighted by molar-refractivity contribution is -0.128. The number of hydrogen-bond donors (Lipinski definition) is 1. The van der Waals surface area contributed by atoms with Crippen LogP contribution in [-0.4, -0.2) is 42.6 Å². The summed E-state index contributed by atoms with van der Waals surface area (Å²) in [6.07, 6.45) is 1.35. The summed E-state index contributed by atoms with van der Waals surface area (Å²) in [6.45, 7) is 3.47. The summed E-state index contributed by atoms with van der Waals surface area (Å²) >= 11 is 0. The van der Waals surface area contributed by atoms with Gasteiger partial charge in [-0.25, -0.2) is 4.39 Å². The summed E-state index contributed by atoms with van der Waals surface area (Å²) < 4.78 is 13.3. The SMILES string of the molecule is CC(O)c1cc(F)ccc1N(C)CC(=O)N1CCCC1. The van der Waals surface area contributed by atoms with Crippen molar-refractivity contribution < 1.29 is 14.3 Å². The number of likely N-dealkylation sites (tertiary alicyclic amines) is 1. The van der Waals surface area contributed by atoms with E-state index < -0.39 is 6.10 Å². The number of likely N-dealkylation sites (N-methyl/N-ethyl adjacent to an activating group) is 1. The fraction of sp³-hybridized carbons (Fsp3) is 0.533. The lowest BCUT2D eigenvalue weighted by Crippen LogP contribution is -2.37. The van der Waals surface area contributed by atoms with Gasteiger partial charge >= 0.3 is 0 Å². The monoisotopic (exact) mass is 280 g/mol. The van der Waals surface area contributed by atoms with E-state index >= 15 is 0 Å². The van der Waals surface area contributed by atoms with Crippen LogP contribution in [-0.2, 0) is 4.79 Å². The number of amides is 1. The number of aliphatic hydroxyl groups is 1. The van der Waals surface area contributed by atoms with Crippen LogP contribution >= 0.6 is 0 Å². The molecular formula is C15H21FN2O2. The molecule has 1 atom stereocenters. The van der Waals surface area contributed by atoms with Crippen molar-refractivity contribution in [2.75, 3.05) is 31.6 Å². The molecule has 1 aromatic rings. The van der Waals surface area contributed by atoms with Crippen molar-refractivity contribution >= 4 is 11.6 Å². The lowest BCUT2D eigenvalue weighted by Gasteiger charge is -2.25. The van der Waals surface area contributed by atoms with Gasteiger partial charge < -0.3 is 14.9 Å². The second-order valence-corrected chi connectivity index (χ2v) is 5.32. The minimum Gasteiger partial charge on any atom is -0.389 e. The van der Waals surface area contributed by atoms with E-state index in [1.807, 2.05) is 4.90 Å². The molecule has 110 valence electrons. The molecule has 0 saturated carbocycles. The van der Waals surface area contributed by atoms with E-state index in [1.165, 1.54) is 12.1 Å². The molecule has 0 radical (unpaired) electrons. The van der Waals surface area contributed by atoms with Crippen LogP contribution in [0.2, 0.25) is 0 Å². The summed E-state index contributed by atoms with van der Waals surface area (Å²) in [6, 6.07) is 4.27. The Kier molecular flexibility index (Phi) is 4.60. The number of carbonyl (C=O) groups is 1. The van der Waals surface area contributed by atoms with E-state index in [4.69, 9.17) is 0 Å². The number of halogens is 1. The first-order valence-electron chi connectivity index (χ1n) is 6.95. The smallest absolute Gasteiger partial charge is 0.242 e. The fourth-order valence-corrected chi connectivity index (χ4v) is 2.56. The number of benzene rings is 1. The maximum Gasteiger partial charge on any atom is 0.242 e. The molecule has 1 saturated heterocycles. The van der Waals surface area contributed by atoms with Gasteiger partial charge in [0.1, 0.15) is 5.82 Å². The van der Waals surface area contributed by atoms with Crippen LogP contribution in [0.4, 0.5) is 10.1 Å². The Hall–Kier alpha value is -1.62. The molecule has 1 amide bonds. The van der Waals surface area contributed by atoms with Crippen molar-refractivity contribution in [2.24, 2.45) is 0 Å². The second kappa shape index (κ2) is 6.22. The molecule has 1 heterocycles. The zero-order valence-corrected chi connectivity index (χ0v) is 12.0. The molecule has 0 aliphatic carbocycles. The predicted molar refractivity (Wildman–Crippen MR) is 76.1 cm³/mol. The van der Waals surface area contributed by atoms with E-state index in [0.717, 1.165) is 25.9 Å². The molecule has 5 heteroatoms. The number of aliphatic hydroxyl groups excluding tert-OH is 1. The van der Waals surface area contributed by atoms with Crippen LogP contribution in [0.15, 0.2) is 18.2 Å². The first kappa shape index (κ1) is 14.8. The van der Waals surface area contributed by atoms with Crippen molar-refractivity contribution in [3.63, 3.8) is 0 Å². The molecule has 0 aromatic heterocycles. The summed E-state index contributed by atoms with van der Waals surface area (Å²) in [5.74, 6) is -0.310. The van der Waals surface area contributed by atoms with Gasteiger partial charge in [0.15, 0.2) is 0 Å². The molecule has 1 aliphatic heterocycles. The highest BCUT2D eigenvalue weighted by Crippen LogP contribution is 2.26. The molecule has 1 aliphatic rings. The number of hydrogen-bond acceptors (Lipinski definition) is 3. The first-order chi connectivity index (χ1) is 9.49. The predicted octanol–water partition coefficient (Wildman–Crippen LogP) is 1.94. The van der Waals surface area contributed by atoms with E-state index in [9.17, 15) is 14.3 Å². The zero-order chi connectivity index (χ0) is 14.7. The summed E-state index contributed by atoms with van der Waals surface area (Å²) in [5, 5.41) is 9.73. The van der Waals surface area contributed by atoms with Crippen molar-refractivity contribution in [3.8, 4) is 0 Å². The van der Waals surface area contributed by atoms with Crippen molar-refractivity contribution in [2.45, 2.75) is 25.9 Å². The van der Waals surface area contributed by atoms with Crippen LogP contribution in [0, 0.1) is 5.82 Å². The van der Waals surface area contributed by atoms with Gasteiger partial charge in [-0.1, -0.05) is 0 Å². The van der Waals surface area contributed by atoms with E-state index in [1.54, 1.807) is 24.9 Å². The summed E-state index contributed by atoms with van der Waals surface area (Å²) in [4.78, 5) is 15.7. The summed E-state index contributed by atoms with van der Waals surface area (Å²) in [5.41, 5.74) is 1.19. The van der Waals surface area contributed by atoms with Crippen LogP contribution in [0.3, 0.4) is 0 Å². The molecule has 4 nitrogen and oxygen atoms in total. The lowest BCUT2D eigenvalue weighted by atomic mass is 10.1. The molecule has 1 fully saturated rings. The Bertz CT molecular complexity index is 485. The zero-order valence-electron chi connectivity index (χ0n) is 12.0. The Morgan fingerprint density at radius 3 is 2.70 bits per heavy atom. The Labute approximate surface area is 118 Å². The van der Waals surface area contributed by atoms with Crippen LogP contribution in [0.1, 0.15) is 31.4 Å². The minimum absolute atomic E-state index is 0.0749. The second-order valence-electron chi connectivity index (χ2n) is 5.32. The van der Waals surface area contributed by atoms with E-state index in [0.29, 0.717) is 11.3 Å². The average Bonchev–Trinajstić information content (AvgIpc) is 2.92. The number of carbonyl (C=O) groups excluding carboxylic acids is 1. The van der Waals surface area contributed by atoms with Crippen LogP contribution in [0.5, 0.6) is 0 Å². The number of anilines is 1. The maximum absolute atomic E-state index is 13.3. The number of rotatable bonds is 4. The third kappa shape index (κ3) is 3.28. The average molecular weight is 280 g/mol. The topological polar surface area (TPSA) is 43.8 Å². The van der Waals surface area contributed by atoms with Gasteiger partial charge in [0.05, 0.1) is 12.6 Å². The maximum atomic E-state index is 13.3. The standard InChI is InChI=1S/C15H21FN2O2/c1-11(19)13-9-12(16)5-6-14(13)17(2)10-15(20)18-7-3-4-8-18/h5-6,9,11,19H,3-4,7-8,10H2,1-2H3. The van der Waals surface area contributed by atoms with Gasteiger partial charge in [-0.3, -0.25) is 4.79 Å². The Morgan fingerprint density at radius 2 is 2.10 bits per heavy atom. The van der Waals surface area contributed by atoms with Crippen molar-refractivity contribution in [1.82, 2.24) is 4.90 Å². The largest absolute Gasteiger partial charge is 0.389 e. The normalized spacial score (nSPS) is 16.3. The van der Waals surface area contributed by atoms with E-state index in [-0.39, 0.29) is 18.3 Å². The van der Waals surface area contributed by atoms with Crippen LogP contribution in [0.25, 0.3) is 0 Å². The molecule has 20 heavy (non-hydrogen) atoms. The minimum atomic E-state index is -0.773. The first-order valence-corrected chi connectivity index (χ1v) is 6.95. The molecule has 1 aromatic carbocycles. The van der Waals surface area contributed by atoms with Gasteiger partial charge in [0, 0.05) is 31.4 Å². The van der Waals surface area contributed by atoms with Crippen LogP contribution < -0.4 is 4.90 Å². The van der Waals surface area contributed by atoms with Gasteiger partial charge in [0.25, 0.3) is 0 Å². The highest BCUT2D eigenvalue weighted by molar-refractivity contribution is 5.82. The highest BCUT2D eigenvalue weighted by Gasteiger charge is 2.21. The van der Waals surface area contributed by atoms with Crippen molar-refractivity contribution in [1.29, 1.82) is 0 Å². The van der Waals surface area contributed by atoms with Crippen molar-refractivity contribution in [3.05, 3.63) is 29.6 Å². The Balaban J connectivity index is 2.12. The Morgan fingerprint density at radius 1 is 1.45 bits per heavy atom.